The second kappa shape index (κ2) is 7.57. The highest BCUT2D eigenvalue weighted by molar-refractivity contribution is 6.32. The van der Waals surface area contributed by atoms with Gasteiger partial charge < -0.3 is 10.1 Å². The number of aromatic nitrogens is 1. The van der Waals surface area contributed by atoms with E-state index in [0.29, 0.717) is 17.4 Å². The van der Waals surface area contributed by atoms with Gasteiger partial charge in [0.15, 0.2) is 5.15 Å². The molecule has 0 bridgehead atoms. The zero-order valence-electron chi connectivity index (χ0n) is 11.6. The molecule has 1 aliphatic rings. The van der Waals surface area contributed by atoms with E-state index in [-0.39, 0.29) is 12.0 Å². The smallest absolute Gasteiger partial charge is 0.238 e. The van der Waals surface area contributed by atoms with E-state index >= 15 is 0 Å². The fraction of sp³-hybridized carbons (Fsp3) is 0.571. The lowest BCUT2D eigenvalue weighted by Crippen LogP contribution is -2.37. The number of nitrogens with one attached hydrogen (secondary N) is 1. The second-order valence-corrected chi connectivity index (χ2v) is 5.43. The maximum atomic E-state index is 11.9. The van der Waals surface area contributed by atoms with E-state index in [4.69, 9.17) is 16.3 Å². The number of amides is 1. The molecule has 0 aromatic carbocycles. The third-order valence-corrected chi connectivity index (χ3v) is 3.54. The third-order valence-electron chi connectivity index (χ3n) is 3.24. The van der Waals surface area contributed by atoms with Gasteiger partial charge in [-0.25, -0.2) is 4.98 Å². The summed E-state index contributed by atoms with van der Waals surface area (Å²) in [4.78, 5) is 17.8. The van der Waals surface area contributed by atoms with Crippen LogP contribution in [0.4, 0.5) is 5.69 Å². The number of carbonyl (C=O) groups is 1. The first-order valence-electron chi connectivity index (χ1n) is 6.85. The van der Waals surface area contributed by atoms with Crippen LogP contribution in [0.25, 0.3) is 0 Å². The SMILES string of the molecule is CN(CC(=O)Nc1cccnc1Cl)CC1CCCCO1. The highest BCUT2D eigenvalue weighted by Crippen LogP contribution is 2.17. The number of nitrogens with zero attached hydrogens (tertiary/aromatic N) is 2. The zero-order valence-corrected chi connectivity index (χ0v) is 12.4. The van der Waals surface area contributed by atoms with E-state index in [2.05, 4.69) is 10.3 Å². The Bertz CT molecular complexity index is 450. The van der Waals surface area contributed by atoms with Crippen LogP contribution < -0.4 is 5.32 Å². The van der Waals surface area contributed by atoms with E-state index in [0.717, 1.165) is 26.0 Å². The van der Waals surface area contributed by atoms with Crippen LogP contribution in [0, 0.1) is 0 Å². The maximum Gasteiger partial charge on any atom is 0.238 e. The van der Waals surface area contributed by atoms with Crippen LogP contribution in [0.1, 0.15) is 19.3 Å². The number of hydrogen-bond acceptors (Lipinski definition) is 4. The molecule has 0 aliphatic carbocycles. The molecule has 110 valence electrons. The molecule has 1 saturated heterocycles. The number of rotatable bonds is 5. The fourth-order valence-corrected chi connectivity index (χ4v) is 2.44. The van der Waals surface area contributed by atoms with Crippen LogP contribution in [-0.4, -0.2) is 48.6 Å². The summed E-state index contributed by atoms with van der Waals surface area (Å²) in [5.41, 5.74) is 0.543. The maximum absolute atomic E-state index is 11.9. The third kappa shape index (κ3) is 4.74. The quantitative estimate of drug-likeness (QED) is 0.846. The van der Waals surface area contributed by atoms with Crippen LogP contribution >= 0.6 is 11.6 Å². The molecule has 20 heavy (non-hydrogen) atoms. The average Bonchev–Trinajstić information content (AvgIpc) is 2.42. The van der Waals surface area contributed by atoms with Gasteiger partial charge in [0, 0.05) is 19.3 Å². The molecular weight excluding hydrogens is 278 g/mol. The largest absolute Gasteiger partial charge is 0.377 e. The molecule has 1 fully saturated rings. The van der Waals surface area contributed by atoms with E-state index < -0.39 is 0 Å². The van der Waals surface area contributed by atoms with Crippen molar-refractivity contribution in [2.75, 3.05) is 32.1 Å². The number of carbonyl (C=O) groups excluding carboxylic acids is 1. The monoisotopic (exact) mass is 297 g/mol. The molecule has 0 saturated carbocycles. The molecule has 2 heterocycles. The van der Waals surface area contributed by atoms with Crippen molar-refractivity contribution in [2.45, 2.75) is 25.4 Å². The molecule has 2 rings (SSSR count). The molecule has 0 radical (unpaired) electrons. The summed E-state index contributed by atoms with van der Waals surface area (Å²) in [6, 6.07) is 3.47. The van der Waals surface area contributed by atoms with Crippen LogP contribution in [0.5, 0.6) is 0 Å². The van der Waals surface area contributed by atoms with Crippen molar-refractivity contribution in [3.8, 4) is 0 Å². The number of halogens is 1. The van der Waals surface area contributed by atoms with Gasteiger partial charge in [-0.1, -0.05) is 11.6 Å². The Kier molecular flexibility index (Phi) is 5.76. The van der Waals surface area contributed by atoms with E-state index in [9.17, 15) is 4.79 Å². The molecule has 6 heteroatoms. The Morgan fingerprint density at radius 1 is 1.60 bits per heavy atom. The van der Waals surface area contributed by atoms with Gasteiger partial charge in [0.1, 0.15) is 0 Å². The first-order valence-corrected chi connectivity index (χ1v) is 7.23. The molecule has 1 amide bonds. The molecule has 1 aromatic heterocycles. The van der Waals surface area contributed by atoms with E-state index in [1.165, 1.54) is 6.42 Å². The van der Waals surface area contributed by atoms with Crippen LogP contribution in [0.3, 0.4) is 0 Å². The number of ether oxygens (including phenoxy) is 1. The van der Waals surface area contributed by atoms with Crippen molar-refractivity contribution in [1.29, 1.82) is 0 Å². The van der Waals surface area contributed by atoms with Gasteiger partial charge in [0.25, 0.3) is 0 Å². The fourth-order valence-electron chi connectivity index (χ4n) is 2.28. The van der Waals surface area contributed by atoms with E-state index in [1.54, 1.807) is 18.3 Å². The lowest BCUT2D eigenvalue weighted by Gasteiger charge is -2.27. The minimum atomic E-state index is -0.0989. The Morgan fingerprint density at radius 3 is 3.15 bits per heavy atom. The Morgan fingerprint density at radius 2 is 2.45 bits per heavy atom. The first kappa shape index (κ1) is 15.2. The highest BCUT2D eigenvalue weighted by Gasteiger charge is 2.17. The van der Waals surface area contributed by atoms with E-state index in [1.807, 2.05) is 11.9 Å². The summed E-state index contributed by atoms with van der Waals surface area (Å²) in [6.45, 7) is 1.91. The Balaban J connectivity index is 1.77. The first-order chi connectivity index (χ1) is 9.65. The molecule has 0 spiro atoms. The molecular formula is C14H20ClN3O2. The number of hydrogen-bond donors (Lipinski definition) is 1. The van der Waals surface area contributed by atoms with Gasteiger partial charge in [-0.15, -0.1) is 0 Å². The van der Waals surface area contributed by atoms with Crippen molar-refractivity contribution in [2.24, 2.45) is 0 Å². The van der Waals surface area contributed by atoms with Gasteiger partial charge in [0.2, 0.25) is 5.91 Å². The normalized spacial score (nSPS) is 19.1. The van der Waals surface area contributed by atoms with Crippen molar-refractivity contribution in [3.05, 3.63) is 23.5 Å². The minimum absolute atomic E-state index is 0.0989. The summed E-state index contributed by atoms with van der Waals surface area (Å²) in [5, 5.41) is 3.07. The summed E-state index contributed by atoms with van der Waals surface area (Å²) < 4.78 is 5.66. The number of pyridine rings is 1. The lowest BCUT2D eigenvalue weighted by molar-refractivity contribution is -0.117. The standard InChI is InChI=1S/C14H20ClN3O2/c1-18(9-11-5-2-3-8-20-11)10-13(19)17-12-6-4-7-16-14(12)15/h4,6-7,11H,2-3,5,8-10H2,1H3,(H,17,19). The van der Waals surface area contributed by atoms with Crippen LogP contribution in [0.2, 0.25) is 5.15 Å². The summed E-state index contributed by atoms with van der Waals surface area (Å²) in [6.07, 6.45) is 5.24. The van der Waals surface area contributed by atoms with Crippen molar-refractivity contribution in [3.63, 3.8) is 0 Å². The van der Waals surface area contributed by atoms with Gasteiger partial charge in [-0.05, 0) is 38.4 Å². The van der Waals surface area contributed by atoms with Crippen molar-refractivity contribution >= 4 is 23.2 Å². The molecule has 5 nitrogen and oxygen atoms in total. The predicted octanol–water partition coefficient (Wildman–Crippen LogP) is 2.17. The molecule has 1 aliphatic heterocycles. The van der Waals surface area contributed by atoms with Crippen molar-refractivity contribution < 1.29 is 9.53 Å². The molecule has 1 unspecified atom stereocenters. The number of anilines is 1. The average molecular weight is 298 g/mol. The van der Waals surface area contributed by atoms with Gasteiger partial charge >= 0.3 is 0 Å². The summed E-state index contributed by atoms with van der Waals surface area (Å²) in [7, 11) is 1.92. The molecule has 1 aromatic rings. The van der Waals surface area contributed by atoms with Gasteiger partial charge in [-0.2, -0.15) is 0 Å². The summed E-state index contributed by atoms with van der Waals surface area (Å²) >= 11 is 5.90. The number of likely N-dealkylation sites (N-methyl/N-ethyl adjacent to an activating group) is 1. The minimum Gasteiger partial charge on any atom is -0.377 e. The Hall–Kier alpha value is -1.17. The van der Waals surface area contributed by atoms with Gasteiger partial charge in [0.05, 0.1) is 18.3 Å². The lowest BCUT2D eigenvalue weighted by atomic mass is 10.1. The molecule has 1 atom stereocenters. The van der Waals surface area contributed by atoms with Crippen molar-refractivity contribution in [1.82, 2.24) is 9.88 Å². The van der Waals surface area contributed by atoms with Crippen LogP contribution in [-0.2, 0) is 9.53 Å². The topological polar surface area (TPSA) is 54.5 Å². The second-order valence-electron chi connectivity index (χ2n) is 5.08. The molecule has 1 N–H and O–H groups in total. The predicted molar refractivity (Wildman–Crippen MR) is 79.0 cm³/mol. The zero-order chi connectivity index (χ0) is 14.4. The Labute approximate surface area is 124 Å². The van der Waals surface area contributed by atoms with Crippen LogP contribution in [0.15, 0.2) is 18.3 Å². The highest BCUT2D eigenvalue weighted by atomic mass is 35.5. The summed E-state index contributed by atoms with van der Waals surface area (Å²) in [5.74, 6) is -0.0989. The van der Waals surface area contributed by atoms with Gasteiger partial charge in [-0.3, -0.25) is 9.69 Å².